The molecule has 0 saturated carbocycles. The van der Waals surface area contributed by atoms with Crippen molar-refractivity contribution < 1.29 is 9.59 Å². The number of benzene rings is 1. The number of piperidine rings is 1. The van der Waals surface area contributed by atoms with E-state index < -0.39 is 0 Å². The highest BCUT2D eigenvalue weighted by Crippen LogP contribution is 2.21. The quantitative estimate of drug-likeness (QED) is 0.862. The second kappa shape index (κ2) is 9.11. The largest absolute Gasteiger partial charge is 0.355 e. The van der Waals surface area contributed by atoms with Gasteiger partial charge >= 0.3 is 0 Å². The van der Waals surface area contributed by atoms with Crippen LogP contribution >= 0.6 is 24.0 Å². The maximum Gasteiger partial charge on any atom is 0.253 e. The third-order valence-electron chi connectivity index (χ3n) is 3.94. The van der Waals surface area contributed by atoms with E-state index in [1.54, 1.807) is 17.0 Å². The molecule has 0 aliphatic carbocycles. The molecule has 1 aliphatic rings. The molecular weight excluding hydrogens is 337 g/mol. The van der Waals surface area contributed by atoms with Crippen LogP contribution in [0.1, 0.15) is 28.8 Å². The normalized spacial score (nSPS) is 17.3. The molecule has 7 heteroatoms. The van der Waals surface area contributed by atoms with E-state index in [4.69, 9.17) is 17.3 Å². The van der Waals surface area contributed by atoms with Crippen LogP contribution in [0.3, 0.4) is 0 Å². The van der Waals surface area contributed by atoms with E-state index in [-0.39, 0.29) is 30.1 Å². The summed E-state index contributed by atoms with van der Waals surface area (Å²) in [7, 11) is 0. The van der Waals surface area contributed by atoms with Gasteiger partial charge in [0, 0.05) is 36.8 Å². The molecule has 2 amide bonds. The van der Waals surface area contributed by atoms with Crippen LogP contribution in [0.4, 0.5) is 0 Å². The summed E-state index contributed by atoms with van der Waals surface area (Å²) in [5.74, 6) is -0.256. The third-order valence-corrected chi connectivity index (χ3v) is 4.35. The van der Waals surface area contributed by atoms with Gasteiger partial charge in [-0.25, -0.2) is 0 Å². The summed E-state index contributed by atoms with van der Waals surface area (Å²) in [6.07, 6.45) is 1.63. The molecule has 0 aromatic heterocycles. The smallest absolute Gasteiger partial charge is 0.253 e. The topological polar surface area (TPSA) is 75.4 Å². The van der Waals surface area contributed by atoms with Crippen molar-refractivity contribution >= 4 is 35.8 Å². The Morgan fingerprint density at radius 2 is 2.17 bits per heavy atom. The van der Waals surface area contributed by atoms with E-state index in [0.717, 1.165) is 18.4 Å². The number of rotatable bonds is 4. The van der Waals surface area contributed by atoms with Crippen LogP contribution in [-0.2, 0) is 4.79 Å². The summed E-state index contributed by atoms with van der Waals surface area (Å²) >= 11 is 6.09. The monoisotopic (exact) mass is 359 g/mol. The molecule has 3 N–H and O–H groups in total. The van der Waals surface area contributed by atoms with Gasteiger partial charge < -0.3 is 16.0 Å². The van der Waals surface area contributed by atoms with E-state index in [1.165, 1.54) is 0 Å². The summed E-state index contributed by atoms with van der Waals surface area (Å²) in [5.41, 5.74) is 6.90. The van der Waals surface area contributed by atoms with Crippen LogP contribution in [0.25, 0.3) is 0 Å². The van der Waals surface area contributed by atoms with E-state index in [2.05, 4.69) is 5.32 Å². The molecule has 1 fully saturated rings. The highest BCUT2D eigenvalue weighted by molar-refractivity contribution is 6.31. The lowest BCUT2D eigenvalue weighted by Crippen LogP contribution is -2.46. The lowest BCUT2D eigenvalue weighted by molar-refractivity contribution is -0.126. The summed E-state index contributed by atoms with van der Waals surface area (Å²) in [4.78, 5) is 26.3. The third kappa shape index (κ3) is 5.09. The highest BCUT2D eigenvalue weighted by Gasteiger charge is 2.28. The lowest BCUT2D eigenvalue weighted by atomic mass is 9.96. The Morgan fingerprint density at radius 3 is 2.83 bits per heavy atom. The van der Waals surface area contributed by atoms with E-state index >= 15 is 0 Å². The van der Waals surface area contributed by atoms with Gasteiger partial charge in [-0.05, 0) is 37.5 Å². The minimum absolute atomic E-state index is 0. The second-order valence-electron chi connectivity index (χ2n) is 5.63. The Morgan fingerprint density at radius 1 is 1.43 bits per heavy atom. The molecule has 1 atom stereocenters. The Kier molecular flexibility index (Phi) is 7.82. The van der Waals surface area contributed by atoms with Crippen LogP contribution in [-0.4, -0.2) is 42.9 Å². The number of hydrogen-bond acceptors (Lipinski definition) is 3. The number of amides is 2. The fourth-order valence-corrected chi connectivity index (χ4v) is 2.80. The average molecular weight is 360 g/mol. The number of halogens is 2. The maximum absolute atomic E-state index is 12.6. The molecular formula is C16H23Cl2N3O2. The molecule has 2 rings (SSSR count). The Hall–Kier alpha value is -1.30. The first-order valence-corrected chi connectivity index (χ1v) is 7.94. The van der Waals surface area contributed by atoms with Crippen molar-refractivity contribution in [3.8, 4) is 0 Å². The Labute approximate surface area is 148 Å². The van der Waals surface area contributed by atoms with Crippen molar-refractivity contribution in [2.24, 2.45) is 11.7 Å². The second-order valence-corrected chi connectivity index (χ2v) is 6.04. The van der Waals surface area contributed by atoms with Crippen molar-refractivity contribution in [2.45, 2.75) is 19.8 Å². The number of aryl methyl sites for hydroxylation is 1. The van der Waals surface area contributed by atoms with Gasteiger partial charge in [0.2, 0.25) is 5.91 Å². The van der Waals surface area contributed by atoms with Crippen molar-refractivity contribution in [2.75, 3.05) is 26.2 Å². The molecule has 1 aromatic rings. The fourth-order valence-electron chi connectivity index (χ4n) is 2.62. The maximum atomic E-state index is 12.6. The van der Waals surface area contributed by atoms with Gasteiger partial charge in [-0.2, -0.15) is 0 Å². The van der Waals surface area contributed by atoms with Crippen LogP contribution in [0.2, 0.25) is 5.02 Å². The molecule has 5 nitrogen and oxygen atoms in total. The minimum atomic E-state index is -0.162. The zero-order valence-corrected chi connectivity index (χ0v) is 14.8. The predicted molar refractivity (Wildman–Crippen MR) is 94.1 cm³/mol. The molecule has 0 radical (unpaired) electrons. The van der Waals surface area contributed by atoms with E-state index in [9.17, 15) is 9.59 Å². The summed E-state index contributed by atoms with van der Waals surface area (Å²) in [6.45, 7) is 3.90. The molecule has 1 aliphatic heterocycles. The Balaban J connectivity index is 0.00000264. The van der Waals surface area contributed by atoms with Gasteiger partial charge in [0.15, 0.2) is 0 Å². The van der Waals surface area contributed by atoms with Gasteiger partial charge in [0.05, 0.1) is 5.92 Å². The summed E-state index contributed by atoms with van der Waals surface area (Å²) < 4.78 is 0. The number of carbonyl (C=O) groups is 2. The van der Waals surface area contributed by atoms with E-state index in [0.29, 0.717) is 36.8 Å². The molecule has 1 saturated heterocycles. The predicted octanol–water partition coefficient (Wildman–Crippen LogP) is 2.00. The van der Waals surface area contributed by atoms with Crippen LogP contribution in [0.5, 0.6) is 0 Å². The fraction of sp³-hybridized carbons (Fsp3) is 0.500. The minimum Gasteiger partial charge on any atom is -0.355 e. The molecule has 0 spiro atoms. The molecule has 1 aromatic carbocycles. The SMILES string of the molecule is Cc1ccc(C(=O)N2CCCC(C(=O)NCCN)C2)cc1Cl.Cl. The summed E-state index contributed by atoms with van der Waals surface area (Å²) in [5, 5.41) is 3.38. The first-order chi connectivity index (χ1) is 10.5. The van der Waals surface area contributed by atoms with Crippen molar-refractivity contribution in [1.29, 1.82) is 0 Å². The molecule has 1 unspecified atom stereocenters. The average Bonchev–Trinajstić information content (AvgIpc) is 2.54. The van der Waals surface area contributed by atoms with Crippen molar-refractivity contribution in [3.05, 3.63) is 34.3 Å². The number of nitrogens with two attached hydrogens (primary N) is 1. The lowest BCUT2D eigenvalue weighted by Gasteiger charge is -2.32. The number of hydrogen-bond donors (Lipinski definition) is 2. The zero-order valence-electron chi connectivity index (χ0n) is 13.2. The van der Waals surface area contributed by atoms with Gasteiger partial charge in [-0.15, -0.1) is 12.4 Å². The number of carbonyl (C=O) groups excluding carboxylic acids is 2. The molecule has 1 heterocycles. The zero-order chi connectivity index (χ0) is 16.1. The van der Waals surface area contributed by atoms with Crippen LogP contribution in [0, 0.1) is 12.8 Å². The molecule has 128 valence electrons. The highest BCUT2D eigenvalue weighted by atomic mass is 35.5. The number of likely N-dealkylation sites (tertiary alicyclic amines) is 1. The molecule has 0 bridgehead atoms. The van der Waals surface area contributed by atoms with Crippen LogP contribution in [0.15, 0.2) is 18.2 Å². The number of nitrogens with zero attached hydrogens (tertiary/aromatic N) is 1. The summed E-state index contributed by atoms with van der Waals surface area (Å²) in [6, 6.07) is 5.31. The van der Waals surface area contributed by atoms with Crippen molar-refractivity contribution in [3.63, 3.8) is 0 Å². The van der Waals surface area contributed by atoms with Crippen LogP contribution < -0.4 is 11.1 Å². The van der Waals surface area contributed by atoms with Gasteiger partial charge in [-0.3, -0.25) is 9.59 Å². The van der Waals surface area contributed by atoms with Gasteiger partial charge in [0.1, 0.15) is 0 Å². The standard InChI is InChI=1S/C16H22ClN3O2.ClH/c1-11-4-5-12(9-14(11)17)16(22)20-8-2-3-13(10-20)15(21)19-7-6-18;/h4-5,9,13H,2-3,6-8,10,18H2,1H3,(H,19,21);1H. The van der Waals surface area contributed by atoms with E-state index in [1.807, 2.05) is 13.0 Å². The first-order valence-electron chi connectivity index (χ1n) is 7.56. The van der Waals surface area contributed by atoms with Gasteiger partial charge in [0.25, 0.3) is 5.91 Å². The van der Waals surface area contributed by atoms with Gasteiger partial charge in [-0.1, -0.05) is 17.7 Å². The van der Waals surface area contributed by atoms with Crippen molar-refractivity contribution in [1.82, 2.24) is 10.2 Å². The molecule has 23 heavy (non-hydrogen) atoms. The first kappa shape index (κ1) is 19.7. The number of nitrogens with one attached hydrogen (secondary N) is 1. The Bertz CT molecular complexity index is 566.